The van der Waals surface area contributed by atoms with Crippen LogP contribution in [0.4, 0.5) is 5.69 Å². The van der Waals surface area contributed by atoms with Gasteiger partial charge in [0, 0.05) is 11.1 Å². The molecular weight excluding hydrogens is 386 g/mol. The van der Waals surface area contributed by atoms with Crippen LogP contribution >= 0.6 is 11.8 Å². The molecule has 3 rings (SSSR count). The fourth-order valence-corrected chi connectivity index (χ4v) is 3.33. The number of nitrogens with one attached hydrogen (secondary N) is 1. The smallest absolute Gasteiger partial charge is 0.237 e. The molecule has 1 heterocycles. The van der Waals surface area contributed by atoms with Crippen molar-refractivity contribution in [2.45, 2.75) is 43.5 Å². The number of para-hydroxylation sites is 1. The number of ether oxygens (including phenoxy) is 1. The van der Waals surface area contributed by atoms with E-state index in [0.717, 1.165) is 5.75 Å². The highest BCUT2D eigenvalue weighted by Gasteiger charge is 2.25. The minimum absolute atomic E-state index is 0.146. The molecule has 7 nitrogen and oxygen atoms in total. The third-order valence-electron chi connectivity index (χ3n) is 4.09. The molecule has 0 bridgehead atoms. The SMILES string of the molecule is CC(Sc1nnc(C(C)(C)C)n1N)C(=O)Nc1ccc(Oc2ccccc2)cc1. The molecule has 1 amide bonds. The van der Waals surface area contributed by atoms with Gasteiger partial charge in [-0.25, -0.2) is 4.68 Å². The van der Waals surface area contributed by atoms with Crippen LogP contribution < -0.4 is 15.9 Å². The molecule has 0 fully saturated rings. The Bertz CT molecular complexity index is 965. The van der Waals surface area contributed by atoms with Crippen molar-refractivity contribution in [2.75, 3.05) is 11.2 Å². The second-order valence-electron chi connectivity index (χ2n) is 7.62. The molecule has 2 aromatic carbocycles. The Labute approximate surface area is 174 Å². The summed E-state index contributed by atoms with van der Waals surface area (Å²) in [6.07, 6.45) is 0. The molecule has 0 saturated heterocycles. The van der Waals surface area contributed by atoms with Crippen molar-refractivity contribution in [1.29, 1.82) is 0 Å². The standard InChI is InChI=1S/C21H25N5O2S/c1-14(29-20-25-24-19(26(20)22)21(2,3)4)18(27)23-15-10-12-17(13-11-15)28-16-8-6-5-7-9-16/h5-14H,22H2,1-4H3,(H,23,27). The van der Waals surface area contributed by atoms with E-state index in [1.54, 1.807) is 19.1 Å². The summed E-state index contributed by atoms with van der Waals surface area (Å²) in [5.74, 6) is 8.07. The summed E-state index contributed by atoms with van der Waals surface area (Å²) in [5, 5.41) is 11.3. The Morgan fingerprint density at radius 3 is 2.28 bits per heavy atom. The van der Waals surface area contributed by atoms with Crippen molar-refractivity contribution in [1.82, 2.24) is 14.9 Å². The predicted molar refractivity (Wildman–Crippen MR) is 116 cm³/mol. The zero-order chi connectivity index (χ0) is 21.0. The van der Waals surface area contributed by atoms with E-state index >= 15 is 0 Å². The zero-order valence-electron chi connectivity index (χ0n) is 16.9. The maximum Gasteiger partial charge on any atom is 0.237 e. The molecule has 3 N–H and O–H groups in total. The van der Waals surface area contributed by atoms with Gasteiger partial charge >= 0.3 is 0 Å². The van der Waals surface area contributed by atoms with Crippen molar-refractivity contribution in [3.05, 3.63) is 60.4 Å². The van der Waals surface area contributed by atoms with Crippen LogP contribution in [-0.4, -0.2) is 26.0 Å². The van der Waals surface area contributed by atoms with Crippen molar-refractivity contribution in [3.8, 4) is 11.5 Å². The number of anilines is 1. The van der Waals surface area contributed by atoms with Crippen LogP contribution in [0.15, 0.2) is 59.8 Å². The molecule has 152 valence electrons. The molecule has 0 aliphatic carbocycles. The Hall–Kier alpha value is -3.00. The number of carbonyl (C=O) groups excluding carboxylic acids is 1. The molecule has 1 aromatic heterocycles. The van der Waals surface area contributed by atoms with Crippen LogP contribution in [-0.2, 0) is 10.2 Å². The Kier molecular flexibility index (Phi) is 6.12. The van der Waals surface area contributed by atoms with E-state index in [1.165, 1.54) is 16.4 Å². The highest BCUT2D eigenvalue weighted by atomic mass is 32.2. The molecule has 1 unspecified atom stereocenters. The maximum atomic E-state index is 12.5. The van der Waals surface area contributed by atoms with Gasteiger partial charge in [0.25, 0.3) is 0 Å². The van der Waals surface area contributed by atoms with Crippen molar-refractivity contribution in [2.24, 2.45) is 0 Å². The van der Waals surface area contributed by atoms with Gasteiger partial charge in [-0.15, -0.1) is 10.2 Å². The summed E-state index contributed by atoms with van der Waals surface area (Å²) in [4.78, 5) is 12.5. The van der Waals surface area contributed by atoms with Crippen LogP contribution in [0, 0.1) is 0 Å². The molecule has 8 heteroatoms. The van der Waals surface area contributed by atoms with Gasteiger partial charge in [0.05, 0.1) is 5.25 Å². The van der Waals surface area contributed by atoms with Gasteiger partial charge in [-0.3, -0.25) is 4.79 Å². The monoisotopic (exact) mass is 411 g/mol. The minimum Gasteiger partial charge on any atom is -0.457 e. The number of carbonyl (C=O) groups is 1. The molecular formula is C21H25N5O2S. The fourth-order valence-electron chi connectivity index (χ4n) is 2.56. The van der Waals surface area contributed by atoms with E-state index in [9.17, 15) is 4.79 Å². The first-order valence-electron chi connectivity index (χ1n) is 9.25. The van der Waals surface area contributed by atoms with Gasteiger partial charge in [0.2, 0.25) is 11.1 Å². The van der Waals surface area contributed by atoms with E-state index in [1.807, 2.05) is 63.2 Å². The Balaban J connectivity index is 1.59. The number of benzene rings is 2. The Morgan fingerprint density at radius 1 is 1.07 bits per heavy atom. The molecule has 0 spiro atoms. The third kappa shape index (κ3) is 5.29. The number of nitrogen functional groups attached to an aromatic ring is 1. The lowest BCUT2D eigenvalue weighted by molar-refractivity contribution is -0.115. The topological polar surface area (TPSA) is 95.1 Å². The molecule has 0 aliphatic rings. The minimum atomic E-state index is -0.394. The van der Waals surface area contributed by atoms with Crippen LogP contribution in [0.1, 0.15) is 33.5 Å². The average molecular weight is 412 g/mol. The third-order valence-corrected chi connectivity index (χ3v) is 5.14. The number of rotatable bonds is 6. The first-order chi connectivity index (χ1) is 13.7. The average Bonchev–Trinajstić information content (AvgIpc) is 3.05. The van der Waals surface area contributed by atoms with Gasteiger partial charge in [-0.05, 0) is 43.3 Å². The maximum absolute atomic E-state index is 12.5. The lowest BCUT2D eigenvalue weighted by Gasteiger charge is -2.17. The second-order valence-corrected chi connectivity index (χ2v) is 8.92. The number of hydrogen-bond acceptors (Lipinski definition) is 6. The highest BCUT2D eigenvalue weighted by Crippen LogP contribution is 2.27. The van der Waals surface area contributed by atoms with Crippen molar-refractivity contribution in [3.63, 3.8) is 0 Å². The summed E-state index contributed by atoms with van der Waals surface area (Å²) in [6.45, 7) is 7.83. The lowest BCUT2D eigenvalue weighted by Crippen LogP contribution is -2.26. The zero-order valence-corrected chi connectivity index (χ0v) is 17.7. The van der Waals surface area contributed by atoms with E-state index in [4.69, 9.17) is 10.6 Å². The second kappa shape index (κ2) is 8.57. The molecule has 0 radical (unpaired) electrons. The molecule has 0 saturated carbocycles. The van der Waals surface area contributed by atoms with Gasteiger partial charge in [-0.1, -0.05) is 50.7 Å². The summed E-state index contributed by atoms with van der Waals surface area (Å²) < 4.78 is 7.21. The van der Waals surface area contributed by atoms with Gasteiger partial charge in [0.15, 0.2) is 5.82 Å². The summed E-state index contributed by atoms with van der Waals surface area (Å²) >= 11 is 1.27. The number of thioether (sulfide) groups is 1. The quantitative estimate of drug-likeness (QED) is 0.466. The number of aromatic nitrogens is 3. The summed E-state index contributed by atoms with van der Waals surface area (Å²) in [5.41, 5.74) is 0.461. The van der Waals surface area contributed by atoms with Crippen molar-refractivity contribution < 1.29 is 9.53 Å². The molecule has 3 aromatic rings. The molecule has 29 heavy (non-hydrogen) atoms. The number of nitrogens with two attached hydrogens (primary N) is 1. The van der Waals surface area contributed by atoms with Crippen molar-refractivity contribution >= 4 is 23.4 Å². The van der Waals surface area contributed by atoms with Gasteiger partial charge in [-0.2, -0.15) is 0 Å². The largest absolute Gasteiger partial charge is 0.457 e. The number of amides is 1. The number of hydrogen-bond donors (Lipinski definition) is 2. The van der Waals surface area contributed by atoms with Crippen LogP contribution in [0.3, 0.4) is 0 Å². The first-order valence-corrected chi connectivity index (χ1v) is 10.1. The van der Waals surface area contributed by atoms with E-state index in [-0.39, 0.29) is 11.3 Å². The normalized spacial score (nSPS) is 12.4. The van der Waals surface area contributed by atoms with Gasteiger partial charge in [0.1, 0.15) is 11.5 Å². The van der Waals surface area contributed by atoms with Gasteiger partial charge < -0.3 is 15.9 Å². The summed E-state index contributed by atoms with van der Waals surface area (Å²) in [7, 11) is 0. The predicted octanol–water partition coefficient (Wildman–Crippen LogP) is 4.20. The highest BCUT2D eigenvalue weighted by molar-refractivity contribution is 8.00. The first kappa shape index (κ1) is 20.7. The van der Waals surface area contributed by atoms with Crippen LogP contribution in [0.2, 0.25) is 0 Å². The van der Waals surface area contributed by atoms with E-state index in [0.29, 0.717) is 22.4 Å². The van der Waals surface area contributed by atoms with E-state index in [2.05, 4.69) is 15.5 Å². The molecule has 1 atom stereocenters. The fraction of sp³-hybridized carbons (Fsp3) is 0.286. The molecule has 0 aliphatic heterocycles. The van der Waals surface area contributed by atoms with E-state index < -0.39 is 5.25 Å². The summed E-state index contributed by atoms with van der Waals surface area (Å²) in [6, 6.07) is 16.8. The van der Waals surface area contributed by atoms with Crippen LogP contribution in [0.5, 0.6) is 11.5 Å². The Morgan fingerprint density at radius 2 is 1.69 bits per heavy atom. The van der Waals surface area contributed by atoms with Crippen LogP contribution in [0.25, 0.3) is 0 Å². The number of nitrogens with zero attached hydrogens (tertiary/aromatic N) is 3. The lowest BCUT2D eigenvalue weighted by atomic mass is 9.96.